The second kappa shape index (κ2) is 8.42. The number of benzene rings is 2. The van der Waals surface area contributed by atoms with Gasteiger partial charge < -0.3 is 9.47 Å². The molecule has 1 fully saturated rings. The van der Waals surface area contributed by atoms with Crippen molar-refractivity contribution in [2.24, 2.45) is 5.92 Å². The molecule has 1 atom stereocenters. The molecule has 2 amide bonds. The zero-order valence-corrected chi connectivity index (χ0v) is 18.2. The number of fused-ring (bicyclic) bond motifs is 1. The summed E-state index contributed by atoms with van der Waals surface area (Å²) in [5.41, 5.74) is 2.77. The highest BCUT2D eigenvalue weighted by molar-refractivity contribution is 6.08. The lowest BCUT2D eigenvalue weighted by atomic mass is 9.82. The molecule has 1 aromatic heterocycles. The molecule has 0 bridgehead atoms. The van der Waals surface area contributed by atoms with E-state index in [0.717, 1.165) is 16.5 Å². The SMILES string of the molecule is COc1nc(-c2ccc3cccc(F)c3c2)ccc1C(/C(C)=C1/OC(=O)NC1=O)C(C)C. The predicted octanol–water partition coefficient (Wildman–Crippen LogP) is 5.33. The number of nitrogens with one attached hydrogen (secondary N) is 1. The first-order chi connectivity index (χ1) is 15.3. The molecule has 1 aliphatic rings. The number of halogens is 1. The maximum absolute atomic E-state index is 14.3. The van der Waals surface area contributed by atoms with Gasteiger partial charge in [0.25, 0.3) is 5.91 Å². The lowest BCUT2D eigenvalue weighted by Gasteiger charge is -2.24. The number of amides is 2. The molecule has 0 spiro atoms. The number of alkyl carbamates (subject to hydrolysis) is 1. The Balaban J connectivity index is 1.79. The van der Waals surface area contributed by atoms with Crippen LogP contribution in [0.4, 0.5) is 9.18 Å². The Morgan fingerprint density at radius 1 is 1.12 bits per heavy atom. The number of carbonyl (C=O) groups excluding carboxylic acids is 2. The standard InChI is InChI=1S/C25H23FN2O4/c1-13(2)21(14(3)22-23(29)28-25(30)32-22)17-10-11-20(27-24(17)31-4)16-9-8-15-6-5-7-19(26)18(15)12-16/h5-13,21H,1-4H3,(H,28,29,30)/b22-14+. The van der Waals surface area contributed by atoms with Gasteiger partial charge >= 0.3 is 6.09 Å². The van der Waals surface area contributed by atoms with E-state index >= 15 is 0 Å². The number of nitrogens with zero attached hydrogens (tertiary/aromatic N) is 1. The van der Waals surface area contributed by atoms with Crippen molar-refractivity contribution in [2.45, 2.75) is 26.7 Å². The van der Waals surface area contributed by atoms with Crippen molar-refractivity contribution in [2.75, 3.05) is 7.11 Å². The van der Waals surface area contributed by atoms with Gasteiger partial charge in [-0.1, -0.05) is 44.2 Å². The molecular formula is C25H23FN2O4. The van der Waals surface area contributed by atoms with Crippen LogP contribution in [0, 0.1) is 11.7 Å². The van der Waals surface area contributed by atoms with Crippen LogP contribution in [0.3, 0.4) is 0 Å². The summed E-state index contributed by atoms with van der Waals surface area (Å²) in [6.45, 7) is 5.77. The minimum atomic E-state index is -0.782. The van der Waals surface area contributed by atoms with Crippen molar-refractivity contribution in [1.82, 2.24) is 10.3 Å². The number of aromatic nitrogens is 1. The van der Waals surface area contributed by atoms with Crippen molar-refractivity contribution in [1.29, 1.82) is 0 Å². The lowest BCUT2D eigenvalue weighted by molar-refractivity contribution is -0.116. The van der Waals surface area contributed by atoms with Crippen LogP contribution in [0.2, 0.25) is 0 Å². The van der Waals surface area contributed by atoms with Gasteiger partial charge in [-0.05, 0) is 42.0 Å². The van der Waals surface area contributed by atoms with Crippen LogP contribution >= 0.6 is 0 Å². The van der Waals surface area contributed by atoms with Crippen LogP contribution in [0.1, 0.15) is 32.3 Å². The Kier molecular flexibility index (Phi) is 5.65. The molecule has 1 N–H and O–H groups in total. The van der Waals surface area contributed by atoms with Crippen LogP contribution in [0.25, 0.3) is 22.0 Å². The zero-order chi connectivity index (χ0) is 23.0. The van der Waals surface area contributed by atoms with Gasteiger partial charge in [0.05, 0.1) is 12.8 Å². The molecule has 6 nitrogen and oxygen atoms in total. The van der Waals surface area contributed by atoms with Gasteiger partial charge in [0, 0.05) is 22.4 Å². The average molecular weight is 434 g/mol. The Labute approximate surface area is 185 Å². The van der Waals surface area contributed by atoms with Crippen molar-refractivity contribution in [3.63, 3.8) is 0 Å². The third kappa shape index (κ3) is 3.82. The fourth-order valence-electron chi connectivity index (χ4n) is 4.21. The summed E-state index contributed by atoms with van der Waals surface area (Å²) in [7, 11) is 1.53. The topological polar surface area (TPSA) is 77.5 Å². The third-order valence-electron chi connectivity index (χ3n) is 5.65. The van der Waals surface area contributed by atoms with E-state index in [1.165, 1.54) is 13.2 Å². The summed E-state index contributed by atoms with van der Waals surface area (Å²) >= 11 is 0. The van der Waals surface area contributed by atoms with Gasteiger partial charge in [0.2, 0.25) is 5.88 Å². The summed E-state index contributed by atoms with van der Waals surface area (Å²) in [6.07, 6.45) is -0.782. The van der Waals surface area contributed by atoms with E-state index in [4.69, 9.17) is 9.47 Å². The molecule has 2 aromatic carbocycles. The first kappa shape index (κ1) is 21.5. The molecule has 4 rings (SSSR count). The number of hydrogen-bond acceptors (Lipinski definition) is 5. The van der Waals surface area contributed by atoms with E-state index in [0.29, 0.717) is 22.5 Å². The number of hydrogen-bond donors (Lipinski definition) is 1. The number of methoxy groups -OCH3 is 1. The highest BCUT2D eigenvalue weighted by Gasteiger charge is 2.33. The quantitative estimate of drug-likeness (QED) is 0.549. The van der Waals surface area contributed by atoms with E-state index in [9.17, 15) is 14.0 Å². The molecule has 3 aromatic rings. The fraction of sp³-hybridized carbons (Fsp3) is 0.240. The summed E-state index contributed by atoms with van der Waals surface area (Å²) in [6, 6.07) is 14.2. The molecule has 0 radical (unpaired) electrons. The monoisotopic (exact) mass is 434 g/mol. The molecule has 0 aliphatic carbocycles. The second-order valence-electron chi connectivity index (χ2n) is 8.05. The van der Waals surface area contributed by atoms with E-state index in [-0.39, 0.29) is 23.4 Å². The number of pyridine rings is 1. The van der Waals surface area contributed by atoms with Gasteiger partial charge in [-0.3, -0.25) is 10.1 Å². The molecule has 7 heteroatoms. The third-order valence-corrected chi connectivity index (χ3v) is 5.65. The number of cyclic esters (lactones) is 1. The van der Waals surface area contributed by atoms with Crippen LogP contribution in [0.15, 0.2) is 59.9 Å². The molecular weight excluding hydrogens is 411 g/mol. The summed E-state index contributed by atoms with van der Waals surface area (Å²) in [5.74, 6) is -0.665. The molecule has 1 unspecified atom stereocenters. The van der Waals surface area contributed by atoms with E-state index in [1.54, 1.807) is 19.1 Å². The number of carbonyl (C=O) groups is 2. The van der Waals surface area contributed by atoms with E-state index in [2.05, 4.69) is 10.3 Å². The summed E-state index contributed by atoms with van der Waals surface area (Å²) in [5, 5.41) is 3.46. The van der Waals surface area contributed by atoms with Gasteiger partial charge in [0.15, 0.2) is 5.76 Å². The maximum Gasteiger partial charge on any atom is 0.419 e. The van der Waals surface area contributed by atoms with Crippen LogP contribution < -0.4 is 10.1 Å². The van der Waals surface area contributed by atoms with Crippen molar-refractivity contribution >= 4 is 22.8 Å². The van der Waals surface area contributed by atoms with Crippen LogP contribution in [-0.2, 0) is 9.53 Å². The Hall–Kier alpha value is -3.74. The van der Waals surface area contributed by atoms with Crippen molar-refractivity contribution in [3.8, 4) is 17.1 Å². The van der Waals surface area contributed by atoms with Crippen molar-refractivity contribution < 1.29 is 23.5 Å². The number of rotatable bonds is 5. The minimum Gasteiger partial charge on any atom is -0.481 e. The van der Waals surface area contributed by atoms with Gasteiger partial charge in [-0.2, -0.15) is 0 Å². The van der Waals surface area contributed by atoms with Gasteiger partial charge in [0.1, 0.15) is 5.82 Å². The number of imide groups is 1. The summed E-state index contributed by atoms with van der Waals surface area (Å²) in [4.78, 5) is 28.3. The fourth-order valence-corrected chi connectivity index (χ4v) is 4.21. The normalized spacial score (nSPS) is 16.2. The van der Waals surface area contributed by atoms with Gasteiger partial charge in [-0.25, -0.2) is 14.2 Å². The minimum absolute atomic E-state index is 0.00448. The lowest BCUT2D eigenvalue weighted by Crippen LogP contribution is -2.20. The highest BCUT2D eigenvalue weighted by Crippen LogP contribution is 2.39. The Morgan fingerprint density at radius 2 is 1.91 bits per heavy atom. The zero-order valence-electron chi connectivity index (χ0n) is 18.2. The first-order valence-electron chi connectivity index (χ1n) is 10.3. The Bertz CT molecular complexity index is 1270. The average Bonchev–Trinajstić information content (AvgIpc) is 3.11. The first-order valence-corrected chi connectivity index (χ1v) is 10.3. The van der Waals surface area contributed by atoms with E-state index < -0.39 is 12.0 Å². The number of ether oxygens (including phenoxy) is 2. The van der Waals surface area contributed by atoms with Crippen LogP contribution in [0.5, 0.6) is 5.88 Å². The molecule has 1 saturated heterocycles. The van der Waals surface area contributed by atoms with E-state index in [1.807, 2.05) is 44.2 Å². The Morgan fingerprint density at radius 3 is 2.56 bits per heavy atom. The summed E-state index contributed by atoms with van der Waals surface area (Å²) < 4.78 is 24.9. The molecule has 2 heterocycles. The van der Waals surface area contributed by atoms with Crippen LogP contribution in [-0.4, -0.2) is 24.1 Å². The van der Waals surface area contributed by atoms with Gasteiger partial charge in [-0.15, -0.1) is 0 Å². The molecule has 32 heavy (non-hydrogen) atoms. The number of allylic oxidation sites excluding steroid dienone is 1. The molecule has 1 aliphatic heterocycles. The smallest absolute Gasteiger partial charge is 0.419 e. The largest absolute Gasteiger partial charge is 0.481 e. The predicted molar refractivity (Wildman–Crippen MR) is 119 cm³/mol. The maximum atomic E-state index is 14.3. The highest BCUT2D eigenvalue weighted by atomic mass is 19.1. The second-order valence-corrected chi connectivity index (χ2v) is 8.05. The molecule has 164 valence electrons. The van der Waals surface area contributed by atoms with Crippen molar-refractivity contribution in [3.05, 3.63) is 71.2 Å². The molecule has 0 saturated carbocycles.